The van der Waals surface area contributed by atoms with Gasteiger partial charge in [0.15, 0.2) is 11.4 Å². The maximum Gasteiger partial charge on any atom is 0.268 e. The van der Waals surface area contributed by atoms with Crippen LogP contribution in [0.15, 0.2) is 59.1 Å². The van der Waals surface area contributed by atoms with Crippen LogP contribution in [0.1, 0.15) is 46.0 Å². The number of phenolic OH excluding ortho intramolecular Hbond substituents is 1. The predicted octanol–water partition coefficient (Wildman–Crippen LogP) is 2.19. The lowest BCUT2D eigenvalue weighted by Gasteiger charge is -2.45. The van der Waals surface area contributed by atoms with Gasteiger partial charge in [-0.25, -0.2) is 5.01 Å². The van der Waals surface area contributed by atoms with Gasteiger partial charge in [0.25, 0.3) is 11.8 Å². The van der Waals surface area contributed by atoms with Crippen LogP contribution in [0.2, 0.25) is 0 Å². The van der Waals surface area contributed by atoms with Crippen LogP contribution in [0, 0.1) is 11.8 Å². The zero-order valence-electron chi connectivity index (χ0n) is 22.8. The van der Waals surface area contributed by atoms with Crippen molar-refractivity contribution in [3.63, 3.8) is 0 Å². The molecule has 11 heteroatoms. The first-order valence-corrected chi connectivity index (χ1v) is 13.2. The number of rotatable bonds is 5. The molecule has 2 aromatic carbocycles. The van der Waals surface area contributed by atoms with Crippen molar-refractivity contribution in [3.05, 3.63) is 75.8 Å². The van der Waals surface area contributed by atoms with Gasteiger partial charge in [0.1, 0.15) is 22.8 Å². The number of hydrogen-bond acceptors (Lipinski definition) is 9. The minimum atomic E-state index is -2.62. The number of carbonyl (C=O) groups is 4. The summed E-state index contributed by atoms with van der Waals surface area (Å²) in [6.45, 7) is 2.32. The highest BCUT2D eigenvalue weighted by Gasteiger charge is 2.59. The van der Waals surface area contributed by atoms with E-state index in [4.69, 9.17) is 5.73 Å². The van der Waals surface area contributed by atoms with E-state index in [1.807, 2.05) is 6.92 Å². The molecule has 0 spiro atoms. The Hall–Kier alpha value is -4.48. The lowest BCUT2D eigenvalue weighted by atomic mass is 9.60. The quantitative estimate of drug-likeness (QED) is 0.270. The first kappa shape index (κ1) is 28.1. The molecular weight excluding hydrogens is 530 g/mol. The number of Topliss-reactive ketones (excluding diaryl/α,β-unsaturated/α-hetero) is 2. The van der Waals surface area contributed by atoms with Crippen LogP contribution in [0.25, 0.3) is 11.1 Å². The average Bonchev–Trinajstić information content (AvgIpc) is 2.91. The predicted molar refractivity (Wildman–Crippen MR) is 147 cm³/mol. The van der Waals surface area contributed by atoms with E-state index >= 15 is 0 Å². The number of fused-ring (bicyclic) bond motifs is 3. The fraction of sp³-hybridized carbons (Fsp3) is 0.333. The number of allylic oxidation sites excluding steroid dienone is 2. The fourth-order valence-electron chi connectivity index (χ4n) is 6.47. The molecule has 11 nitrogen and oxygen atoms in total. The Labute approximate surface area is 235 Å². The molecule has 0 radical (unpaired) electrons. The Morgan fingerprint density at radius 3 is 2.41 bits per heavy atom. The fourth-order valence-corrected chi connectivity index (χ4v) is 6.47. The lowest BCUT2D eigenvalue weighted by Crippen LogP contribution is -2.57. The first-order chi connectivity index (χ1) is 19.3. The van der Waals surface area contributed by atoms with Crippen molar-refractivity contribution >= 4 is 23.4 Å². The molecule has 5 rings (SSSR count). The summed E-state index contributed by atoms with van der Waals surface area (Å²) in [5.41, 5.74) is 3.67. The third-order valence-corrected chi connectivity index (χ3v) is 8.38. The molecule has 0 bridgehead atoms. The van der Waals surface area contributed by atoms with Gasteiger partial charge in [-0.3, -0.25) is 24.2 Å². The summed E-state index contributed by atoms with van der Waals surface area (Å²) in [6.07, 6.45) is -0.105. The molecular formula is C30H31N3O8. The van der Waals surface area contributed by atoms with Crippen LogP contribution in [0.5, 0.6) is 5.75 Å². The number of aromatic hydroxyl groups is 1. The molecule has 2 aromatic rings. The van der Waals surface area contributed by atoms with E-state index in [0.717, 1.165) is 0 Å². The topological polar surface area (TPSA) is 182 Å². The standard InChI is InChI=1S/C30H31N3O8/c1-4-33(32(2)3)29(40)15-7-5-6-14(10-15)18-8-9-20(34)23-19(18)12-16-11-17-13-21(35)24(28(31)39)27(38)30(17,41)26(37)22(16)25(23)36/h5-10,16-17,34-35,37,41H,4,11-13H2,1-3H3,(H2,31,39)/t16-,17+,30+/m1/s1. The third kappa shape index (κ3) is 4.11. The van der Waals surface area contributed by atoms with E-state index in [-0.39, 0.29) is 42.1 Å². The van der Waals surface area contributed by atoms with Crippen molar-refractivity contribution in [3.8, 4) is 16.9 Å². The number of ketones is 2. The first-order valence-electron chi connectivity index (χ1n) is 13.2. The highest BCUT2D eigenvalue weighted by atomic mass is 16.3. The summed E-state index contributed by atoms with van der Waals surface area (Å²) in [5, 5.41) is 47.0. The monoisotopic (exact) mass is 561 g/mol. The number of nitrogens with zero attached hydrogens (tertiary/aromatic N) is 2. The minimum Gasteiger partial charge on any atom is -0.511 e. The van der Waals surface area contributed by atoms with Crippen LogP contribution >= 0.6 is 0 Å². The van der Waals surface area contributed by atoms with Gasteiger partial charge in [-0.15, -0.1) is 0 Å². The number of aliphatic hydroxyl groups excluding tert-OH is 2. The van der Waals surface area contributed by atoms with Gasteiger partial charge in [-0.05, 0) is 60.6 Å². The second-order valence-electron chi connectivity index (χ2n) is 10.8. The molecule has 0 saturated heterocycles. The van der Waals surface area contributed by atoms with E-state index in [1.165, 1.54) is 6.07 Å². The second-order valence-corrected chi connectivity index (χ2v) is 10.8. The molecule has 3 atom stereocenters. The van der Waals surface area contributed by atoms with Crippen molar-refractivity contribution in [1.29, 1.82) is 0 Å². The molecule has 41 heavy (non-hydrogen) atoms. The van der Waals surface area contributed by atoms with Crippen molar-refractivity contribution in [2.75, 3.05) is 20.6 Å². The Morgan fingerprint density at radius 1 is 1.07 bits per heavy atom. The molecule has 2 amide bonds. The number of amides is 2. The highest BCUT2D eigenvalue weighted by molar-refractivity contribution is 6.24. The lowest BCUT2D eigenvalue weighted by molar-refractivity contribution is -0.144. The van der Waals surface area contributed by atoms with Crippen LogP contribution in [0.4, 0.5) is 0 Å². The zero-order valence-corrected chi connectivity index (χ0v) is 22.8. The van der Waals surface area contributed by atoms with Crippen LogP contribution in [-0.4, -0.2) is 80.1 Å². The van der Waals surface area contributed by atoms with Gasteiger partial charge >= 0.3 is 0 Å². The summed E-state index contributed by atoms with van der Waals surface area (Å²) in [6, 6.07) is 9.91. The molecule has 214 valence electrons. The average molecular weight is 562 g/mol. The smallest absolute Gasteiger partial charge is 0.268 e. The van der Waals surface area contributed by atoms with Gasteiger partial charge in [0.2, 0.25) is 5.78 Å². The van der Waals surface area contributed by atoms with Crippen LogP contribution < -0.4 is 5.73 Å². The molecule has 0 aliphatic heterocycles. The number of benzene rings is 2. The van der Waals surface area contributed by atoms with Gasteiger partial charge in [-0.1, -0.05) is 18.2 Å². The van der Waals surface area contributed by atoms with E-state index in [9.17, 15) is 39.6 Å². The number of hydrogen-bond donors (Lipinski definition) is 5. The highest BCUT2D eigenvalue weighted by Crippen LogP contribution is 2.52. The van der Waals surface area contributed by atoms with E-state index in [0.29, 0.717) is 28.8 Å². The van der Waals surface area contributed by atoms with Gasteiger partial charge in [0, 0.05) is 44.1 Å². The third-order valence-electron chi connectivity index (χ3n) is 8.38. The molecule has 0 unspecified atom stereocenters. The van der Waals surface area contributed by atoms with Crippen molar-refractivity contribution < 1.29 is 39.6 Å². The largest absolute Gasteiger partial charge is 0.511 e. The summed E-state index contributed by atoms with van der Waals surface area (Å²) in [4.78, 5) is 51.9. The number of aliphatic hydroxyl groups is 3. The van der Waals surface area contributed by atoms with Crippen LogP contribution in [-0.2, 0) is 16.0 Å². The normalized spacial score (nSPS) is 23.7. The molecule has 3 aliphatic carbocycles. The number of carbonyl (C=O) groups excluding carboxylic acids is 4. The van der Waals surface area contributed by atoms with Gasteiger partial charge in [0.05, 0.1) is 5.56 Å². The summed E-state index contributed by atoms with van der Waals surface area (Å²) in [7, 11) is 3.53. The van der Waals surface area contributed by atoms with E-state index in [1.54, 1.807) is 54.4 Å². The Bertz CT molecular complexity index is 1590. The minimum absolute atomic E-state index is 0.0326. The molecule has 3 aliphatic rings. The van der Waals surface area contributed by atoms with E-state index in [2.05, 4.69) is 0 Å². The molecule has 6 N–H and O–H groups in total. The number of phenols is 1. The molecule has 0 aromatic heterocycles. The maximum atomic E-state index is 13.8. The number of nitrogens with two attached hydrogens (primary N) is 1. The summed E-state index contributed by atoms with van der Waals surface area (Å²) < 4.78 is 0. The Balaban J connectivity index is 1.62. The van der Waals surface area contributed by atoms with Crippen molar-refractivity contribution in [2.45, 2.75) is 31.8 Å². The Morgan fingerprint density at radius 2 is 1.78 bits per heavy atom. The summed E-state index contributed by atoms with van der Waals surface area (Å²) >= 11 is 0. The van der Waals surface area contributed by atoms with Crippen molar-refractivity contribution in [2.24, 2.45) is 17.6 Å². The number of primary amides is 1. The molecule has 0 saturated carbocycles. The maximum absolute atomic E-state index is 13.8. The van der Waals surface area contributed by atoms with E-state index < -0.39 is 52.0 Å². The molecule has 0 heterocycles. The van der Waals surface area contributed by atoms with Crippen LogP contribution in [0.3, 0.4) is 0 Å². The van der Waals surface area contributed by atoms with Gasteiger partial charge < -0.3 is 26.2 Å². The SMILES string of the molecule is CCN(C(=O)c1cccc(-c2ccc(O)c3c2C[C@H]2C[C@H]4CC(O)=C(C(N)=O)C(=O)[C@@]4(O)C(O)=C2C3=O)c1)N(C)C. The van der Waals surface area contributed by atoms with Crippen molar-refractivity contribution in [1.82, 2.24) is 10.0 Å². The number of hydrazine groups is 1. The van der Waals surface area contributed by atoms with Gasteiger partial charge in [-0.2, -0.15) is 0 Å². The molecule has 0 fully saturated rings. The summed E-state index contributed by atoms with van der Waals surface area (Å²) in [5.74, 6) is -6.99. The second kappa shape index (κ2) is 9.86. The Kier molecular flexibility index (Phi) is 6.75. The zero-order chi connectivity index (χ0) is 30.0.